The van der Waals surface area contributed by atoms with Crippen molar-refractivity contribution in [2.75, 3.05) is 19.7 Å². The first-order chi connectivity index (χ1) is 12.8. The van der Waals surface area contributed by atoms with E-state index in [2.05, 4.69) is 53.2 Å². The maximum absolute atomic E-state index is 6.14. The van der Waals surface area contributed by atoms with E-state index in [9.17, 15) is 0 Å². The van der Waals surface area contributed by atoms with Crippen LogP contribution in [0.25, 0.3) is 11.3 Å². The average molecular weight is 356 g/mol. The van der Waals surface area contributed by atoms with Crippen LogP contribution in [-0.4, -0.2) is 34.8 Å². The molecule has 1 aliphatic heterocycles. The quantitative estimate of drug-likeness (QED) is 0.596. The molecule has 0 spiro atoms. The van der Waals surface area contributed by atoms with Gasteiger partial charge in [0.15, 0.2) is 0 Å². The summed E-state index contributed by atoms with van der Waals surface area (Å²) in [6.45, 7) is 8.54. The average Bonchev–Trinajstić information content (AvgIpc) is 3.08. The first kappa shape index (κ1) is 19.0. The lowest BCUT2D eigenvalue weighted by atomic mass is 10.0. The smallest absolute Gasteiger partial charge is 0.128 e. The lowest BCUT2D eigenvalue weighted by Gasteiger charge is -2.26. The number of nitrogens with zero attached hydrogens (tertiary/aromatic N) is 2. The van der Waals surface area contributed by atoms with E-state index in [0.717, 1.165) is 56.1 Å². The van der Waals surface area contributed by atoms with Gasteiger partial charge in [-0.25, -0.2) is 0 Å². The summed E-state index contributed by atoms with van der Waals surface area (Å²) in [5.41, 5.74) is 4.84. The molecule has 0 fully saturated rings. The number of hydrogen-bond donors (Lipinski definition) is 1. The van der Waals surface area contributed by atoms with Crippen LogP contribution in [0.4, 0.5) is 0 Å². The molecule has 0 saturated carbocycles. The van der Waals surface area contributed by atoms with Crippen molar-refractivity contribution < 1.29 is 4.74 Å². The molecule has 26 heavy (non-hydrogen) atoms. The number of fused-ring (bicyclic) bond motifs is 1. The number of rotatable bonds is 10. The number of benzene rings is 1. The predicted molar refractivity (Wildman–Crippen MR) is 108 cm³/mol. The van der Waals surface area contributed by atoms with Crippen molar-refractivity contribution >= 4 is 0 Å². The third-order valence-corrected chi connectivity index (χ3v) is 5.20. The fourth-order valence-corrected chi connectivity index (χ4v) is 3.76. The molecule has 0 radical (unpaired) electrons. The maximum Gasteiger partial charge on any atom is 0.128 e. The van der Waals surface area contributed by atoms with Crippen molar-refractivity contribution in [3.05, 3.63) is 35.5 Å². The fraction of sp³-hybridized carbons (Fsp3) is 0.591. The summed E-state index contributed by atoms with van der Waals surface area (Å²) >= 11 is 0. The molecule has 4 nitrogen and oxygen atoms in total. The van der Waals surface area contributed by atoms with Crippen LogP contribution in [0.2, 0.25) is 0 Å². The van der Waals surface area contributed by atoms with Gasteiger partial charge >= 0.3 is 0 Å². The van der Waals surface area contributed by atoms with E-state index < -0.39 is 0 Å². The van der Waals surface area contributed by atoms with Crippen molar-refractivity contribution in [2.24, 2.45) is 0 Å². The number of ether oxygens (including phenoxy) is 1. The fourth-order valence-electron chi connectivity index (χ4n) is 3.76. The Bertz CT molecular complexity index is 680. The molecule has 1 aliphatic rings. The third-order valence-electron chi connectivity index (χ3n) is 5.20. The largest absolute Gasteiger partial charge is 0.493 e. The van der Waals surface area contributed by atoms with Crippen LogP contribution >= 0.6 is 0 Å². The molecule has 1 aromatic heterocycles. The normalized spacial score (nSPS) is 14.4. The zero-order valence-corrected chi connectivity index (χ0v) is 16.4. The monoisotopic (exact) mass is 355 g/mol. The highest BCUT2D eigenvalue weighted by Crippen LogP contribution is 2.34. The van der Waals surface area contributed by atoms with Crippen molar-refractivity contribution in [1.82, 2.24) is 15.1 Å². The van der Waals surface area contributed by atoms with Gasteiger partial charge in [0.1, 0.15) is 11.4 Å². The molecule has 0 amide bonds. The highest BCUT2D eigenvalue weighted by molar-refractivity contribution is 5.70. The van der Waals surface area contributed by atoms with Gasteiger partial charge < -0.3 is 4.74 Å². The summed E-state index contributed by atoms with van der Waals surface area (Å²) < 4.78 is 6.14. The molecule has 0 unspecified atom stereocenters. The van der Waals surface area contributed by atoms with Crippen molar-refractivity contribution in [3.63, 3.8) is 0 Å². The van der Waals surface area contributed by atoms with Gasteiger partial charge in [-0.2, -0.15) is 5.10 Å². The summed E-state index contributed by atoms with van der Waals surface area (Å²) in [4.78, 5) is 2.53. The molecule has 0 atom stereocenters. The summed E-state index contributed by atoms with van der Waals surface area (Å²) in [7, 11) is 0. The SMILES string of the molecule is CCCCCCCOc1ccccc1-c1n[nH]c2c1CN(CCC)CC2. The molecule has 1 N–H and O–H groups in total. The zero-order chi connectivity index (χ0) is 18.2. The van der Waals surface area contributed by atoms with Gasteiger partial charge in [0.25, 0.3) is 0 Å². The number of aromatic amines is 1. The number of unbranched alkanes of at least 4 members (excludes halogenated alkanes) is 4. The van der Waals surface area contributed by atoms with Gasteiger partial charge in [-0.15, -0.1) is 0 Å². The summed E-state index contributed by atoms with van der Waals surface area (Å²) in [5.74, 6) is 0.963. The van der Waals surface area contributed by atoms with Crippen LogP contribution in [-0.2, 0) is 13.0 Å². The van der Waals surface area contributed by atoms with Gasteiger partial charge in [-0.05, 0) is 31.5 Å². The Kier molecular flexibility index (Phi) is 7.13. The van der Waals surface area contributed by atoms with Gasteiger partial charge in [0.2, 0.25) is 0 Å². The van der Waals surface area contributed by atoms with Gasteiger partial charge in [0.05, 0.1) is 6.61 Å². The second-order valence-corrected chi connectivity index (χ2v) is 7.31. The van der Waals surface area contributed by atoms with E-state index in [1.165, 1.54) is 43.4 Å². The van der Waals surface area contributed by atoms with Crippen LogP contribution in [0.1, 0.15) is 63.6 Å². The molecule has 0 aliphatic carbocycles. The standard InChI is InChI=1S/C22H33N3O/c1-3-5-6-7-10-16-26-21-12-9-8-11-18(21)22-19-17-25(14-4-2)15-13-20(19)23-24-22/h8-9,11-12H,3-7,10,13-17H2,1-2H3,(H,23,24). The third kappa shape index (κ3) is 4.67. The van der Waals surface area contributed by atoms with E-state index in [1.807, 2.05) is 0 Å². The second-order valence-electron chi connectivity index (χ2n) is 7.31. The minimum atomic E-state index is 0.787. The lowest BCUT2D eigenvalue weighted by Crippen LogP contribution is -2.31. The van der Waals surface area contributed by atoms with Crippen molar-refractivity contribution in [3.8, 4) is 17.0 Å². The molecule has 2 heterocycles. The van der Waals surface area contributed by atoms with Crippen LogP contribution in [0.5, 0.6) is 5.75 Å². The van der Waals surface area contributed by atoms with Crippen LogP contribution in [0.3, 0.4) is 0 Å². The Labute approximate surface area is 157 Å². The molecule has 1 aromatic carbocycles. The summed E-state index contributed by atoms with van der Waals surface area (Å²) in [5, 5.41) is 7.93. The summed E-state index contributed by atoms with van der Waals surface area (Å²) in [6, 6.07) is 8.35. The number of hydrogen-bond acceptors (Lipinski definition) is 3. The highest BCUT2D eigenvalue weighted by Gasteiger charge is 2.23. The lowest BCUT2D eigenvalue weighted by molar-refractivity contribution is 0.254. The Morgan fingerprint density at radius 2 is 1.92 bits per heavy atom. The van der Waals surface area contributed by atoms with Gasteiger partial charge in [-0.3, -0.25) is 10.00 Å². The van der Waals surface area contributed by atoms with Gasteiger partial charge in [0, 0.05) is 36.3 Å². The molecule has 3 rings (SSSR count). The highest BCUT2D eigenvalue weighted by atomic mass is 16.5. The van der Waals surface area contributed by atoms with E-state index in [-0.39, 0.29) is 0 Å². The minimum Gasteiger partial charge on any atom is -0.493 e. The minimum absolute atomic E-state index is 0.787. The first-order valence-electron chi connectivity index (χ1n) is 10.3. The topological polar surface area (TPSA) is 41.1 Å². The van der Waals surface area contributed by atoms with E-state index >= 15 is 0 Å². The number of para-hydroxylation sites is 1. The van der Waals surface area contributed by atoms with Crippen molar-refractivity contribution in [1.29, 1.82) is 0 Å². The van der Waals surface area contributed by atoms with E-state index in [4.69, 9.17) is 4.74 Å². The molecule has 142 valence electrons. The zero-order valence-electron chi connectivity index (χ0n) is 16.4. The van der Waals surface area contributed by atoms with Crippen LogP contribution in [0, 0.1) is 0 Å². The molecular formula is C22H33N3O. The maximum atomic E-state index is 6.14. The van der Waals surface area contributed by atoms with Crippen LogP contribution < -0.4 is 4.74 Å². The molecular weight excluding hydrogens is 322 g/mol. The number of nitrogens with one attached hydrogen (secondary N) is 1. The number of aromatic nitrogens is 2. The predicted octanol–water partition coefficient (Wildman–Crippen LogP) is 5.19. The summed E-state index contributed by atoms with van der Waals surface area (Å²) in [6.07, 6.45) is 8.54. The first-order valence-corrected chi connectivity index (χ1v) is 10.3. The Balaban J connectivity index is 1.69. The number of H-pyrrole nitrogens is 1. The van der Waals surface area contributed by atoms with Gasteiger partial charge in [-0.1, -0.05) is 51.7 Å². The second kappa shape index (κ2) is 9.77. The van der Waals surface area contributed by atoms with E-state index in [1.54, 1.807) is 0 Å². The molecule has 4 heteroatoms. The Morgan fingerprint density at radius 3 is 2.77 bits per heavy atom. The molecule has 2 aromatic rings. The molecule has 0 bridgehead atoms. The Hall–Kier alpha value is -1.81. The van der Waals surface area contributed by atoms with E-state index in [0.29, 0.717) is 0 Å². The Morgan fingerprint density at radius 1 is 1.08 bits per heavy atom. The molecule has 0 saturated heterocycles. The van der Waals surface area contributed by atoms with Crippen LogP contribution in [0.15, 0.2) is 24.3 Å². The van der Waals surface area contributed by atoms with Crippen molar-refractivity contribution in [2.45, 2.75) is 65.3 Å².